The molecule has 1 heterocycles. The molecule has 0 aliphatic carbocycles. The van der Waals surface area contributed by atoms with Crippen LogP contribution in [-0.4, -0.2) is 43.9 Å². The Morgan fingerprint density at radius 2 is 1.36 bits per heavy atom. The summed E-state index contributed by atoms with van der Waals surface area (Å²) in [5.41, 5.74) is 0. The van der Waals surface area contributed by atoms with Crippen LogP contribution in [0.3, 0.4) is 0 Å². The Balaban J connectivity index is 1.71. The highest BCUT2D eigenvalue weighted by molar-refractivity contribution is 4.57. The molecule has 0 aromatic heterocycles. The molecular weight excluding hydrogens is 352 g/mol. The van der Waals surface area contributed by atoms with E-state index in [1.165, 1.54) is 83.5 Å². The minimum absolute atomic E-state index is 0.130. The van der Waals surface area contributed by atoms with Crippen molar-refractivity contribution >= 4 is 0 Å². The second-order valence-electron chi connectivity index (χ2n) is 8.45. The summed E-state index contributed by atoms with van der Waals surface area (Å²) >= 11 is 0. The lowest BCUT2D eigenvalue weighted by Gasteiger charge is -2.23. The molecule has 4 heteroatoms. The molecule has 0 saturated carbocycles. The molecule has 1 aliphatic rings. The van der Waals surface area contributed by atoms with E-state index in [9.17, 15) is 5.11 Å². The van der Waals surface area contributed by atoms with E-state index in [2.05, 4.69) is 6.92 Å². The van der Waals surface area contributed by atoms with Crippen LogP contribution in [0.2, 0.25) is 0 Å². The lowest BCUT2D eigenvalue weighted by molar-refractivity contribution is -0.179. The molecular formula is C24H48O4. The molecule has 28 heavy (non-hydrogen) atoms. The van der Waals surface area contributed by atoms with E-state index in [4.69, 9.17) is 14.2 Å². The van der Waals surface area contributed by atoms with Crippen molar-refractivity contribution in [1.82, 2.24) is 0 Å². The average Bonchev–Trinajstić information content (AvgIpc) is 2.72. The molecule has 1 N–H and O–H groups in total. The first kappa shape index (κ1) is 25.9. The van der Waals surface area contributed by atoms with Crippen molar-refractivity contribution in [1.29, 1.82) is 0 Å². The molecule has 4 nitrogen and oxygen atoms in total. The Labute approximate surface area is 174 Å². The molecule has 1 saturated heterocycles. The van der Waals surface area contributed by atoms with E-state index in [1.807, 2.05) is 0 Å². The minimum atomic E-state index is -0.544. The van der Waals surface area contributed by atoms with Crippen LogP contribution in [-0.2, 0) is 14.2 Å². The summed E-state index contributed by atoms with van der Waals surface area (Å²) in [5.74, 6) is 0. The monoisotopic (exact) mass is 400 g/mol. The number of hydrogen-bond donors (Lipinski definition) is 1. The van der Waals surface area contributed by atoms with Crippen molar-refractivity contribution in [3.63, 3.8) is 0 Å². The van der Waals surface area contributed by atoms with Crippen LogP contribution < -0.4 is 0 Å². The van der Waals surface area contributed by atoms with Crippen LogP contribution in [0.5, 0.6) is 0 Å². The molecule has 0 spiro atoms. The van der Waals surface area contributed by atoms with Crippen LogP contribution in [0.1, 0.15) is 116 Å². The van der Waals surface area contributed by atoms with Crippen LogP contribution in [0.25, 0.3) is 0 Å². The SMILES string of the molecule is CCCCCCCCCCCCCCCCOC[C@@H](O)COC1CCCCO1. The second-order valence-corrected chi connectivity index (χ2v) is 8.45. The minimum Gasteiger partial charge on any atom is -0.388 e. The van der Waals surface area contributed by atoms with E-state index in [1.54, 1.807) is 0 Å². The van der Waals surface area contributed by atoms with Gasteiger partial charge < -0.3 is 19.3 Å². The zero-order valence-electron chi connectivity index (χ0n) is 18.7. The zero-order chi connectivity index (χ0) is 20.1. The third-order valence-corrected chi connectivity index (χ3v) is 5.56. The predicted octanol–water partition coefficient (Wildman–Crippen LogP) is 6.39. The molecule has 1 unspecified atom stereocenters. The zero-order valence-corrected chi connectivity index (χ0v) is 18.7. The van der Waals surface area contributed by atoms with Gasteiger partial charge in [0.1, 0.15) is 6.10 Å². The Morgan fingerprint density at radius 3 is 1.89 bits per heavy atom. The van der Waals surface area contributed by atoms with Gasteiger partial charge in [0, 0.05) is 13.2 Å². The van der Waals surface area contributed by atoms with Gasteiger partial charge in [-0.3, -0.25) is 0 Å². The van der Waals surface area contributed by atoms with Gasteiger partial charge in [0.25, 0.3) is 0 Å². The first-order chi connectivity index (χ1) is 13.8. The van der Waals surface area contributed by atoms with Crippen LogP contribution >= 0.6 is 0 Å². The molecule has 0 aromatic carbocycles. The molecule has 1 aliphatic heterocycles. The Hall–Kier alpha value is -0.160. The van der Waals surface area contributed by atoms with Gasteiger partial charge in [0.15, 0.2) is 6.29 Å². The maximum atomic E-state index is 9.89. The summed E-state index contributed by atoms with van der Waals surface area (Å²) in [6, 6.07) is 0. The predicted molar refractivity (Wildman–Crippen MR) is 117 cm³/mol. The third kappa shape index (κ3) is 16.8. The van der Waals surface area contributed by atoms with Gasteiger partial charge in [-0.05, 0) is 25.7 Å². The number of ether oxygens (including phenoxy) is 3. The van der Waals surface area contributed by atoms with Crippen molar-refractivity contribution in [3.05, 3.63) is 0 Å². The fourth-order valence-corrected chi connectivity index (χ4v) is 3.73. The van der Waals surface area contributed by atoms with Crippen molar-refractivity contribution in [2.45, 2.75) is 128 Å². The van der Waals surface area contributed by atoms with Gasteiger partial charge in [0.2, 0.25) is 0 Å². The third-order valence-electron chi connectivity index (χ3n) is 5.56. The van der Waals surface area contributed by atoms with E-state index in [0.717, 1.165) is 38.9 Å². The first-order valence-electron chi connectivity index (χ1n) is 12.3. The van der Waals surface area contributed by atoms with Gasteiger partial charge in [-0.2, -0.15) is 0 Å². The normalized spacial score (nSPS) is 18.4. The van der Waals surface area contributed by atoms with Crippen molar-refractivity contribution in [3.8, 4) is 0 Å². The first-order valence-corrected chi connectivity index (χ1v) is 12.3. The van der Waals surface area contributed by atoms with Gasteiger partial charge in [-0.25, -0.2) is 0 Å². The van der Waals surface area contributed by atoms with Crippen molar-refractivity contribution in [2.75, 3.05) is 26.4 Å². The molecule has 0 aromatic rings. The average molecular weight is 401 g/mol. The quantitative estimate of drug-likeness (QED) is 0.241. The highest BCUT2D eigenvalue weighted by atomic mass is 16.7. The maximum absolute atomic E-state index is 9.89. The Bertz CT molecular complexity index is 305. The topological polar surface area (TPSA) is 47.9 Å². The lowest BCUT2D eigenvalue weighted by Crippen LogP contribution is -2.29. The number of aliphatic hydroxyl groups excluding tert-OH is 1. The summed E-state index contributed by atoms with van der Waals surface area (Å²) in [6.45, 7) is 4.47. The van der Waals surface area contributed by atoms with Crippen molar-refractivity contribution < 1.29 is 19.3 Å². The second kappa shape index (κ2) is 20.1. The van der Waals surface area contributed by atoms with Gasteiger partial charge in [-0.1, -0.05) is 90.4 Å². The Morgan fingerprint density at radius 1 is 0.786 bits per heavy atom. The van der Waals surface area contributed by atoms with E-state index in [0.29, 0.717) is 13.2 Å². The van der Waals surface area contributed by atoms with Gasteiger partial charge in [-0.15, -0.1) is 0 Å². The van der Waals surface area contributed by atoms with E-state index in [-0.39, 0.29) is 6.29 Å². The molecule has 0 bridgehead atoms. The molecule has 1 fully saturated rings. The number of unbranched alkanes of at least 4 members (excludes halogenated alkanes) is 13. The molecule has 0 amide bonds. The molecule has 168 valence electrons. The highest BCUT2D eigenvalue weighted by Crippen LogP contribution is 2.14. The van der Waals surface area contributed by atoms with E-state index < -0.39 is 6.10 Å². The summed E-state index contributed by atoms with van der Waals surface area (Å²) < 4.78 is 16.6. The van der Waals surface area contributed by atoms with Gasteiger partial charge in [0.05, 0.1) is 13.2 Å². The highest BCUT2D eigenvalue weighted by Gasteiger charge is 2.15. The summed E-state index contributed by atoms with van der Waals surface area (Å²) in [7, 11) is 0. The van der Waals surface area contributed by atoms with Crippen LogP contribution in [0, 0.1) is 0 Å². The number of hydrogen-bond acceptors (Lipinski definition) is 4. The molecule has 1 rings (SSSR count). The standard InChI is InChI=1S/C24H48O4/c1-2-3-4-5-6-7-8-9-10-11-12-13-14-16-19-26-21-23(25)22-28-24-18-15-17-20-27-24/h23-25H,2-22H2,1H3/t23-,24?/m1/s1. The summed E-state index contributed by atoms with van der Waals surface area (Å²) in [6.07, 6.45) is 21.7. The molecule has 2 atom stereocenters. The number of rotatable bonds is 20. The van der Waals surface area contributed by atoms with Gasteiger partial charge >= 0.3 is 0 Å². The van der Waals surface area contributed by atoms with E-state index >= 15 is 0 Å². The van der Waals surface area contributed by atoms with Crippen molar-refractivity contribution in [2.24, 2.45) is 0 Å². The Kier molecular flexibility index (Phi) is 18.6. The summed E-state index contributed by atoms with van der Waals surface area (Å²) in [5, 5.41) is 9.89. The summed E-state index contributed by atoms with van der Waals surface area (Å²) in [4.78, 5) is 0. The van der Waals surface area contributed by atoms with Crippen LogP contribution in [0.15, 0.2) is 0 Å². The number of aliphatic hydroxyl groups is 1. The smallest absolute Gasteiger partial charge is 0.157 e. The lowest BCUT2D eigenvalue weighted by atomic mass is 10.0. The molecule has 0 radical (unpaired) electrons. The maximum Gasteiger partial charge on any atom is 0.157 e. The largest absolute Gasteiger partial charge is 0.388 e. The fraction of sp³-hybridized carbons (Fsp3) is 1.00. The van der Waals surface area contributed by atoms with Crippen LogP contribution in [0.4, 0.5) is 0 Å². The fourth-order valence-electron chi connectivity index (χ4n) is 3.73.